The lowest BCUT2D eigenvalue weighted by atomic mass is 10.2. The summed E-state index contributed by atoms with van der Waals surface area (Å²) in [5, 5.41) is 2.82. The molecule has 1 atom stereocenters. The number of nitrogens with zero attached hydrogens (tertiary/aromatic N) is 2. The van der Waals surface area contributed by atoms with Crippen LogP contribution in [0.15, 0.2) is 23.0 Å². The molecule has 3 rings (SSSR count). The maximum atomic E-state index is 12.4. The largest absolute Gasteiger partial charge is 0.326 e. The number of imidazole rings is 1. The van der Waals surface area contributed by atoms with Gasteiger partial charge in [-0.3, -0.25) is 14.2 Å². The fraction of sp³-hybridized carbons (Fsp3) is 0.357. The Morgan fingerprint density at radius 2 is 2.18 bits per heavy atom. The number of fused-ring (bicyclic) bond motifs is 1. The molecule has 2 heterocycles. The third-order valence-electron chi connectivity index (χ3n) is 3.76. The zero-order valence-electron chi connectivity index (χ0n) is 12.3. The van der Waals surface area contributed by atoms with Crippen LogP contribution in [0, 0.1) is 0 Å². The number of rotatable bonds is 2. The quantitative estimate of drug-likeness (QED) is 0.854. The molecule has 1 fully saturated rings. The average molecular weight is 320 g/mol. The highest BCUT2D eigenvalue weighted by Crippen LogP contribution is 2.23. The summed E-state index contributed by atoms with van der Waals surface area (Å²) in [6, 6.07) is 4.77. The third kappa shape index (κ3) is 2.50. The van der Waals surface area contributed by atoms with E-state index in [1.807, 2.05) is 0 Å². The van der Waals surface area contributed by atoms with Crippen LogP contribution in [0.1, 0.15) is 6.92 Å². The highest BCUT2D eigenvalue weighted by Gasteiger charge is 2.32. The molecular formula is C14H16N4O3S. The van der Waals surface area contributed by atoms with Gasteiger partial charge in [0.1, 0.15) is 6.04 Å². The first-order valence-electron chi connectivity index (χ1n) is 6.82. The van der Waals surface area contributed by atoms with Gasteiger partial charge < -0.3 is 15.2 Å². The van der Waals surface area contributed by atoms with Crippen LogP contribution in [0.4, 0.5) is 5.69 Å². The molecule has 0 radical (unpaired) electrons. The SMILES string of the molecule is CC(=O)N1CSC[C@H]1C(=O)Nc1ccc2[nH]c(=O)n(C)c2c1. The Morgan fingerprint density at radius 3 is 2.91 bits per heavy atom. The Kier molecular flexibility index (Phi) is 3.69. The first-order chi connectivity index (χ1) is 10.5. The van der Waals surface area contributed by atoms with E-state index < -0.39 is 6.04 Å². The summed E-state index contributed by atoms with van der Waals surface area (Å²) in [7, 11) is 1.66. The molecule has 0 spiro atoms. The van der Waals surface area contributed by atoms with E-state index in [9.17, 15) is 14.4 Å². The summed E-state index contributed by atoms with van der Waals surface area (Å²) in [4.78, 5) is 39.7. The number of carbonyl (C=O) groups is 2. The molecule has 116 valence electrons. The summed E-state index contributed by atoms with van der Waals surface area (Å²) in [6.07, 6.45) is 0. The van der Waals surface area contributed by atoms with E-state index in [-0.39, 0.29) is 17.5 Å². The Labute approximate surface area is 130 Å². The second-order valence-electron chi connectivity index (χ2n) is 5.21. The van der Waals surface area contributed by atoms with Gasteiger partial charge in [0.05, 0.1) is 16.9 Å². The van der Waals surface area contributed by atoms with Crippen LogP contribution < -0.4 is 11.0 Å². The molecule has 1 aromatic heterocycles. The molecule has 0 saturated carbocycles. The number of hydrogen-bond donors (Lipinski definition) is 2. The summed E-state index contributed by atoms with van der Waals surface area (Å²) in [5.74, 6) is 0.823. The number of anilines is 1. The van der Waals surface area contributed by atoms with Crippen molar-refractivity contribution in [2.75, 3.05) is 16.9 Å². The van der Waals surface area contributed by atoms with Crippen LogP contribution in [-0.2, 0) is 16.6 Å². The van der Waals surface area contributed by atoms with E-state index in [0.29, 0.717) is 28.4 Å². The van der Waals surface area contributed by atoms with Gasteiger partial charge in [-0.2, -0.15) is 0 Å². The molecule has 1 aromatic carbocycles. The van der Waals surface area contributed by atoms with Crippen molar-refractivity contribution in [3.63, 3.8) is 0 Å². The zero-order valence-corrected chi connectivity index (χ0v) is 13.1. The monoisotopic (exact) mass is 320 g/mol. The lowest BCUT2D eigenvalue weighted by Gasteiger charge is -2.21. The number of aromatic nitrogens is 2. The molecule has 22 heavy (non-hydrogen) atoms. The fourth-order valence-electron chi connectivity index (χ4n) is 2.50. The van der Waals surface area contributed by atoms with E-state index in [1.54, 1.807) is 41.9 Å². The van der Waals surface area contributed by atoms with Crippen molar-refractivity contribution in [2.24, 2.45) is 7.05 Å². The summed E-state index contributed by atoms with van der Waals surface area (Å²) < 4.78 is 1.48. The molecule has 1 aliphatic rings. The van der Waals surface area contributed by atoms with E-state index in [2.05, 4.69) is 10.3 Å². The fourth-order valence-corrected chi connectivity index (χ4v) is 3.72. The van der Waals surface area contributed by atoms with E-state index in [4.69, 9.17) is 0 Å². The molecular weight excluding hydrogens is 304 g/mol. The maximum Gasteiger partial charge on any atom is 0.326 e. The van der Waals surface area contributed by atoms with Crippen LogP contribution in [0.2, 0.25) is 0 Å². The van der Waals surface area contributed by atoms with E-state index in [1.165, 1.54) is 11.5 Å². The van der Waals surface area contributed by atoms with Crippen molar-refractivity contribution in [1.29, 1.82) is 0 Å². The highest BCUT2D eigenvalue weighted by atomic mass is 32.2. The first-order valence-corrected chi connectivity index (χ1v) is 7.97. The number of carbonyl (C=O) groups excluding carboxylic acids is 2. The molecule has 0 aliphatic carbocycles. The summed E-state index contributed by atoms with van der Waals surface area (Å²) in [6.45, 7) is 1.47. The van der Waals surface area contributed by atoms with E-state index >= 15 is 0 Å². The van der Waals surface area contributed by atoms with Crippen LogP contribution in [0.25, 0.3) is 11.0 Å². The number of aryl methyl sites for hydroxylation is 1. The molecule has 2 aromatic rings. The number of hydrogen-bond acceptors (Lipinski definition) is 4. The molecule has 1 aliphatic heterocycles. The van der Waals surface area contributed by atoms with Gasteiger partial charge in [0, 0.05) is 25.4 Å². The second-order valence-corrected chi connectivity index (χ2v) is 6.21. The van der Waals surface area contributed by atoms with Crippen molar-refractivity contribution < 1.29 is 9.59 Å². The average Bonchev–Trinajstić information content (AvgIpc) is 3.06. The lowest BCUT2D eigenvalue weighted by Crippen LogP contribution is -2.43. The standard InChI is InChI=1S/C14H16N4O3S/c1-8(19)18-7-22-6-12(18)13(20)15-9-3-4-10-11(5-9)17(2)14(21)16-10/h3-5,12H,6-7H2,1-2H3,(H,15,20)(H,16,21)/t12-/m0/s1. The minimum absolute atomic E-state index is 0.103. The van der Waals surface area contributed by atoms with Crippen molar-refractivity contribution >= 4 is 40.3 Å². The molecule has 8 heteroatoms. The smallest absolute Gasteiger partial charge is 0.324 e. The molecule has 0 unspecified atom stereocenters. The van der Waals surface area contributed by atoms with Crippen LogP contribution in [-0.4, -0.2) is 43.9 Å². The zero-order chi connectivity index (χ0) is 15.9. The molecule has 2 amide bonds. The third-order valence-corrected chi connectivity index (χ3v) is 4.77. The second kappa shape index (κ2) is 5.53. The Bertz CT molecular complexity index is 810. The minimum Gasteiger partial charge on any atom is -0.324 e. The predicted octanol–water partition coefficient (Wildman–Crippen LogP) is 0.727. The number of aromatic amines is 1. The normalized spacial score (nSPS) is 17.9. The van der Waals surface area contributed by atoms with Gasteiger partial charge in [-0.25, -0.2) is 4.79 Å². The Balaban J connectivity index is 1.83. The van der Waals surface area contributed by atoms with Gasteiger partial charge in [0.25, 0.3) is 0 Å². The molecule has 2 N–H and O–H groups in total. The highest BCUT2D eigenvalue weighted by molar-refractivity contribution is 7.99. The van der Waals surface area contributed by atoms with Gasteiger partial charge in [-0.15, -0.1) is 11.8 Å². The lowest BCUT2D eigenvalue weighted by molar-refractivity contribution is -0.134. The molecule has 1 saturated heterocycles. The van der Waals surface area contributed by atoms with Crippen LogP contribution in [0.5, 0.6) is 0 Å². The predicted molar refractivity (Wildman–Crippen MR) is 85.8 cm³/mol. The van der Waals surface area contributed by atoms with Crippen molar-refractivity contribution in [2.45, 2.75) is 13.0 Å². The number of thioether (sulfide) groups is 1. The summed E-state index contributed by atoms with van der Waals surface area (Å²) >= 11 is 1.56. The van der Waals surface area contributed by atoms with Gasteiger partial charge in [-0.1, -0.05) is 0 Å². The van der Waals surface area contributed by atoms with Crippen LogP contribution >= 0.6 is 11.8 Å². The van der Waals surface area contributed by atoms with Crippen LogP contribution in [0.3, 0.4) is 0 Å². The Hall–Kier alpha value is -2.22. The molecule has 0 bridgehead atoms. The van der Waals surface area contributed by atoms with Gasteiger partial charge >= 0.3 is 5.69 Å². The van der Waals surface area contributed by atoms with Crippen molar-refractivity contribution in [1.82, 2.24) is 14.5 Å². The van der Waals surface area contributed by atoms with Gasteiger partial charge in [0.2, 0.25) is 11.8 Å². The maximum absolute atomic E-state index is 12.4. The minimum atomic E-state index is -0.451. The Morgan fingerprint density at radius 1 is 1.41 bits per heavy atom. The van der Waals surface area contributed by atoms with Gasteiger partial charge in [-0.05, 0) is 18.2 Å². The van der Waals surface area contributed by atoms with E-state index in [0.717, 1.165) is 0 Å². The topological polar surface area (TPSA) is 87.2 Å². The first kappa shape index (κ1) is 14.7. The van der Waals surface area contributed by atoms with Crippen molar-refractivity contribution in [3.05, 3.63) is 28.7 Å². The number of amides is 2. The van der Waals surface area contributed by atoms with Gasteiger partial charge in [0.15, 0.2) is 0 Å². The number of H-pyrrole nitrogens is 1. The number of benzene rings is 1. The molecule has 7 nitrogen and oxygen atoms in total. The number of nitrogens with one attached hydrogen (secondary N) is 2. The summed E-state index contributed by atoms with van der Waals surface area (Å²) in [5.41, 5.74) is 1.83. The van der Waals surface area contributed by atoms with Crippen molar-refractivity contribution in [3.8, 4) is 0 Å².